The van der Waals surface area contributed by atoms with Crippen molar-refractivity contribution in [2.75, 3.05) is 13.2 Å². The molecule has 2 N–H and O–H groups in total. The van der Waals surface area contributed by atoms with Gasteiger partial charge in [-0.25, -0.2) is 4.39 Å². The highest BCUT2D eigenvalue weighted by molar-refractivity contribution is 5.20. The van der Waals surface area contributed by atoms with Crippen LogP contribution in [-0.4, -0.2) is 18.3 Å². The van der Waals surface area contributed by atoms with E-state index in [1.165, 1.54) is 25.3 Å². The Morgan fingerprint density at radius 2 is 2.05 bits per heavy atom. The van der Waals surface area contributed by atoms with E-state index in [9.17, 15) is 9.50 Å². The number of rotatable bonds is 6. The maximum absolute atomic E-state index is 13.3. The number of nitrogens with one attached hydrogen (secondary N) is 1. The van der Waals surface area contributed by atoms with Crippen LogP contribution < -0.4 is 5.32 Å². The molecule has 112 valence electrons. The molecule has 20 heavy (non-hydrogen) atoms. The summed E-state index contributed by atoms with van der Waals surface area (Å²) in [5.41, 5.74) is 1.02. The molecule has 3 unspecified atom stereocenters. The minimum atomic E-state index is -0.173. The minimum absolute atomic E-state index is 0.173. The molecule has 1 saturated carbocycles. The van der Waals surface area contributed by atoms with Crippen molar-refractivity contribution in [3.8, 4) is 0 Å². The first kappa shape index (κ1) is 15.5. The van der Waals surface area contributed by atoms with Crippen LogP contribution in [-0.2, 0) is 0 Å². The van der Waals surface area contributed by atoms with Crippen LogP contribution in [0.15, 0.2) is 24.3 Å². The van der Waals surface area contributed by atoms with Gasteiger partial charge in [-0.05, 0) is 55.3 Å². The monoisotopic (exact) mass is 279 g/mol. The van der Waals surface area contributed by atoms with Crippen LogP contribution in [0.1, 0.15) is 50.6 Å². The molecule has 1 fully saturated rings. The summed E-state index contributed by atoms with van der Waals surface area (Å²) in [5, 5.41) is 13.0. The fourth-order valence-corrected chi connectivity index (χ4v) is 3.31. The van der Waals surface area contributed by atoms with Crippen LogP contribution in [0.2, 0.25) is 0 Å². The molecule has 2 nitrogen and oxygen atoms in total. The van der Waals surface area contributed by atoms with Crippen molar-refractivity contribution < 1.29 is 9.50 Å². The summed E-state index contributed by atoms with van der Waals surface area (Å²) < 4.78 is 13.3. The smallest absolute Gasteiger partial charge is 0.123 e. The van der Waals surface area contributed by atoms with Gasteiger partial charge in [-0.15, -0.1) is 0 Å². The number of hydrogen-bond donors (Lipinski definition) is 2. The molecule has 1 aliphatic carbocycles. The van der Waals surface area contributed by atoms with Gasteiger partial charge in [0.15, 0.2) is 0 Å². The lowest BCUT2D eigenvalue weighted by molar-refractivity contribution is 0.131. The zero-order valence-electron chi connectivity index (χ0n) is 12.3. The van der Waals surface area contributed by atoms with Crippen molar-refractivity contribution >= 4 is 0 Å². The Kier molecular flexibility index (Phi) is 5.99. The van der Waals surface area contributed by atoms with E-state index in [2.05, 4.69) is 12.2 Å². The van der Waals surface area contributed by atoms with Crippen molar-refractivity contribution in [3.63, 3.8) is 0 Å². The molecule has 1 aromatic rings. The molecule has 0 aliphatic heterocycles. The Balaban J connectivity index is 1.93. The highest BCUT2D eigenvalue weighted by Gasteiger charge is 2.25. The van der Waals surface area contributed by atoms with Crippen LogP contribution in [0.25, 0.3) is 0 Å². The SMILES string of the molecule is CCC(NCC1CCCCC1CO)c1cccc(F)c1. The first-order valence-electron chi connectivity index (χ1n) is 7.84. The lowest BCUT2D eigenvalue weighted by Crippen LogP contribution is -2.34. The number of halogens is 1. The van der Waals surface area contributed by atoms with Crippen molar-refractivity contribution in [1.82, 2.24) is 5.32 Å². The second-order valence-electron chi connectivity index (χ2n) is 5.91. The minimum Gasteiger partial charge on any atom is -0.396 e. The van der Waals surface area contributed by atoms with Gasteiger partial charge in [0.2, 0.25) is 0 Å². The third-order valence-electron chi connectivity index (χ3n) is 4.59. The first-order chi connectivity index (χ1) is 9.74. The summed E-state index contributed by atoms with van der Waals surface area (Å²) in [5.74, 6) is 0.811. The van der Waals surface area contributed by atoms with E-state index >= 15 is 0 Å². The maximum atomic E-state index is 13.3. The molecule has 3 atom stereocenters. The lowest BCUT2D eigenvalue weighted by atomic mass is 9.79. The summed E-state index contributed by atoms with van der Waals surface area (Å²) in [4.78, 5) is 0. The Hall–Kier alpha value is -0.930. The van der Waals surface area contributed by atoms with E-state index in [4.69, 9.17) is 0 Å². The topological polar surface area (TPSA) is 32.3 Å². The largest absolute Gasteiger partial charge is 0.396 e. The normalized spacial score (nSPS) is 24.6. The van der Waals surface area contributed by atoms with Gasteiger partial charge in [0.25, 0.3) is 0 Å². The van der Waals surface area contributed by atoms with Crippen LogP contribution in [0.5, 0.6) is 0 Å². The Labute approximate surface area is 121 Å². The molecule has 1 aliphatic rings. The average Bonchev–Trinajstić information content (AvgIpc) is 2.48. The van der Waals surface area contributed by atoms with E-state index in [-0.39, 0.29) is 11.9 Å². The van der Waals surface area contributed by atoms with Gasteiger partial charge >= 0.3 is 0 Å². The number of hydrogen-bond acceptors (Lipinski definition) is 2. The summed E-state index contributed by atoms with van der Waals surface area (Å²) in [6.45, 7) is 3.33. The molecule has 0 spiro atoms. The molecule has 0 bridgehead atoms. The van der Waals surface area contributed by atoms with Crippen molar-refractivity contribution in [1.29, 1.82) is 0 Å². The van der Waals surface area contributed by atoms with E-state index in [0.717, 1.165) is 24.9 Å². The molecular formula is C17H26FNO. The quantitative estimate of drug-likeness (QED) is 0.833. The van der Waals surface area contributed by atoms with Crippen molar-refractivity contribution in [3.05, 3.63) is 35.6 Å². The van der Waals surface area contributed by atoms with Crippen molar-refractivity contribution in [2.24, 2.45) is 11.8 Å². The zero-order chi connectivity index (χ0) is 14.4. The van der Waals surface area contributed by atoms with E-state index < -0.39 is 0 Å². The van der Waals surface area contributed by atoms with E-state index in [1.807, 2.05) is 6.07 Å². The average molecular weight is 279 g/mol. The van der Waals surface area contributed by atoms with Crippen LogP contribution in [0.3, 0.4) is 0 Å². The standard InChI is InChI=1S/C17H26FNO/c1-2-17(13-8-5-9-16(18)10-13)19-11-14-6-3-4-7-15(14)12-20/h5,8-10,14-15,17,19-20H,2-4,6-7,11-12H2,1H3. The van der Waals surface area contributed by atoms with Gasteiger partial charge in [-0.1, -0.05) is 31.9 Å². The first-order valence-corrected chi connectivity index (χ1v) is 7.84. The van der Waals surface area contributed by atoms with Crippen molar-refractivity contribution in [2.45, 2.75) is 45.1 Å². The Bertz CT molecular complexity index is 410. The van der Waals surface area contributed by atoms with Gasteiger partial charge in [-0.3, -0.25) is 0 Å². The van der Waals surface area contributed by atoms with E-state index in [0.29, 0.717) is 18.4 Å². The number of benzene rings is 1. The molecule has 0 amide bonds. The molecule has 2 rings (SSSR count). The summed E-state index contributed by atoms with van der Waals surface area (Å²) >= 11 is 0. The van der Waals surface area contributed by atoms with Gasteiger partial charge in [0.1, 0.15) is 5.82 Å². The fraction of sp³-hybridized carbons (Fsp3) is 0.647. The molecule has 0 radical (unpaired) electrons. The molecular weight excluding hydrogens is 253 g/mol. The van der Waals surface area contributed by atoms with Gasteiger partial charge in [-0.2, -0.15) is 0 Å². The maximum Gasteiger partial charge on any atom is 0.123 e. The second kappa shape index (κ2) is 7.75. The lowest BCUT2D eigenvalue weighted by Gasteiger charge is -2.32. The molecule has 3 heteroatoms. The van der Waals surface area contributed by atoms with Gasteiger partial charge < -0.3 is 10.4 Å². The fourth-order valence-electron chi connectivity index (χ4n) is 3.31. The van der Waals surface area contributed by atoms with Gasteiger partial charge in [0.05, 0.1) is 0 Å². The van der Waals surface area contributed by atoms with Gasteiger partial charge in [0, 0.05) is 12.6 Å². The zero-order valence-corrected chi connectivity index (χ0v) is 12.3. The molecule has 0 aromatic heterocycles. The summed E-state index contributed by atoms with van der Waals surface area (Å²) in [7, 11) is 0. The third kappa shape index (κ3) is 4.03. The molecule has 0 saturated heterocycles. The highest BCUT2D eigenvalue weighted by Crippen LogP contribution is 2.30. The van der Waals surface area contributed by atoms with Crippen LogP contribution in [0.4, 0.5) is 4.39 Å². The Morgan fingerprint density at radius 3 is 2.70 bits per heavy atom. The van der Waals surface area contributed by atoms with E-state index in [1.54, 1.807) is 12.1 Å². The number of aliphatic hydroxyl groups is 1. The molecule has 1 aromatic carbocycles. The number of aliphatic hydroxyl groups excluding tert-OH is 1. The predicted octanol–water partition coefficient (Wildman–Crippen LogP) is 3.67. The van der Waals surface area contributed by atoms with Crippen LogP contribution in [0, 0.1) is 17.7 Å². The Morgan fingerprint density at radius 1 is 1.30 bits per heavy atom. The predicted molar refractivity (Wildman–Crippen MR) is 80.0 cm³/mol. The molecule has 0 heterocycles. The second-order valence-corrected chi connectivity index (χ2v) is 5.91. The summed E-state index contributed by atoms with van der Waals surface area (Å²) in [6, 6.07) is 7.05. The highest BCUT2D eigenvalue weighted by atomic mass is 19.1. The van der Waals surface area contributed by atoms with Crippen LogP contribution >= 0.6 is 0 Å². The summed E-state index contributed by atoms with van der Waals surface area (Å²) in [6.07, 6.45) is 5.78. The third-order valence-corrected chi connectivity index (χ3v) is 4.59.